The number of aromatic nitrogens is 1. The Bertz CT molecular complexity index is 1220. The normalized spacial score (nSPS) is 22.2. The zero-order chi connectivity index (χ0) is 23.6. The predicted molar refractivity (Wildman–Crippen MR) is 130 cm³/mol. The van der Waals surface area contributed by atoms with Gasteiger partial charge in [0.1, 0.15) is 5.56 Å². The van der Waals surface area contributed by atoms with Gasteiger partial charge in [0, 0.05) is 36.7 Å². The molecule has 1 amide bonds. The summed E-state index contributed by atoms with van der Waals surface area (Å²) in [6, 6.07) is 4.52. The summed E-state index contributed by atoms with van der Waals surface area (Å²) in [5, 5.41) is 3.04. The second-order valence-electron chi connectivity index (χ2n) is 9.62. The Balaban J connectivity index is 1.56. The molecule has 0 spiro atoms. The topological polar surface area (TPSA) is 99.3 Å². The van der Waals surface area contributed by atoms with Crippen LogP contribution in [-0.4, -0.2) is 43.2 Å². The zero-order valence-electron chi connectivity index (χ0n) is 19.4. The van der Waals surface area contributed by atoms with E-state index < -0.39 is 21.4 Å². The molecule has 2 heterocycles. The number of carbonyl (C=O) groups excluding carboxylic acids is 1. The second kappa shape index (κ2) is 9.81. The Morgan fingerprint density at radius 1 is 1.18 bits per heavy atom. The standard InChI is InChI=1S/C25H33N3O4S/c1-17-12-18(2)16-28(15-17)33(31,32)20-8-9-23-21(13-20)24(29)22(14-27-23)25(30)26-11-10-19-6-4-3-5-7-19/h6,8-9,13-14,17-18H,3-5,7,10-12,15-16H2,1-2H3,(H,26,30)(H,27,29). The van der Waals surface area contributed by atoms with Crippen LogP contribution in [0.1, 0.15) is 62.7 Å². The molecule has 0 bridgehead atoms. The van der Waals surface area contributed by atoms with E-state index in [0.29, 0.717) is 25.2 Å². The Labute approximate surface area is 195 Å². The number of nitrogens with one attached hydrogen (secondary N) is 2. The lowest BCUT2D eigenvalue weighted by Crippen LogP contribution is -2.42. The molecule has 1 aromatic carbocycles. The molecule has 4 rings (SSSR count). The minimum Gasteiger partial charge on any atom is -0.360 e. The van der Waals surface area contributed by atoms with Crippen LogP contribution in [0.5, 0.6) is 0 Å². The van der Waals surface area contributed by atoms with Crippen LogP contribution in [-0.2, 0) is 10.0 Å². The lowest BCUT2D eigenvalue weighted by atomic mass is 9.94. The van der Waals surface area contributed by atoms with E-state index >= 15 is 0 Å². The van der Waals surface area contributed by atoms with Gasteiger partial charge >= 0.3 is 0 Å². The van der Waals surface area contributed by atoms with E-state index in [9.17, 15) is 18.0 Å². The van der Waals surface area contributed by atoms with Crippen LogP contribution in [0, 0.1) is 11.8 Å². The molecule has 2 aromatic rings. The van der Waals surface area contributed by atoms with Crippen molar-refractivity contribution in [2.45, 2.75) is 57.3 Å². The number of hydrogen-bond acceptors (Lipinski definition) is 4. The number of amides is 1. The van der Waals surface area contributed by atoms with Crippen LogP contribution < -0.4 is 10.7 Å². The van der Waals surface area contributed by atoms with Crippen molar-refractivity contribution in [3.05, 3.63) is 51.8 Å². The first kappa shape index (κ1) is 23.7. The lowest BCUT2D eigenvalue weighted by Gasteiger charge is -2.34. The predicted octanol–water partition coefficient (Wildman–Crippen LogP) is 3.82. The van der Waals surface area contributed by atoms with E-state index in [1.165, 1.54) is 41.0 Å². The first-order valence-corrected chi connectivity index (χ1v) is 13.3. The molecular formula is C25H33N3O4S. The SMILES string of the molecule is CC1CC(C)CN(S(=O)(=O)c2ccc3[nH]cc(C(=O)NCCC4=CCCCC4)c(=O)c3c2)C1. The van der Waals surface area contributed by atoms with Crippen molar-refractivity contribution in [1.29, 1.82) is 0 Å². The first-order valence-electron chi connectivity index (χ1n) is 11.9. The number of piperidine rings is 1. The highest BCUT2D eigenvalue weighted by molar-refractivity contribution is 7.89. The molecule has 1 fully saturated rings. The van der Waals surface area contributed by atoms with Crippen LogP contribution >= 0.6 is 0 Å². The first-order chi connectivity index (χ1) is 15.8. The third-order valence-electron chi connectivity index (χ3n) is 6.69. The van der Waals surface area contributed by atoms with E-state index in [1.807, 2.05) is 0 Å². The number of benzene rings is 1. The molecule has 1 aliphatic carbocycles. The maximum Gasteiger partial charge on any atom is 0.256 e. The third-order valence-corrected chi connectivity index (χ3v) is 8.51. The molecule has 0 saturated carbocycles. The summed E-state index contributed by atoms with van der Waals surface area (Å²) in [7, 11) is -3.72. The van der Waals surface area contributed by atoms with E-state index in [1.54, 1.807) is 6.07 Å². The third kappa shape index (κ3) is 5.22. The van der Waals surface area contributed by atoms with Gasteiger partial charge in [-0.25, -0.2) is 8.42 Å². The molecule has 0 radical (unpaired) electrons. The van der Waals surface area contributed by atoms with Gasteiger partial charge < -0.3 is 10.3 Å². The van der Waals surface area contributed by atoms with Crippen LogP contribution in [0.4, 0.5) is 0 Å². The molecule has 1 aromatic heterocycles. The highest BCUT2D eigenvalue weighted by Gasteiger charge is 2.32. The van der Waals surface area contributed by atoms with Gasteiger partial charge in [-0.2, -0.15) is 4.31 Å². The van der Waals surface area contributed by atoms with Gasteiger partial charge in [0.15, 0.2) is 0 Å². The van der Waals surface area contributed by atoms with Gasteiger partial charge in [-0.1, -0.05) is 25.5 Å². The van der Waals surface area contributed by atoms with Crippen LogP contribution in [0.2, 0.25) is 0 Å². The van der Waals surface area contributed by atoms with Crippen LogP contribution in [0.25, 0.3) is 10.9 Å². The van der Waals surface area contributed by atoms with E-state index in [0.717, 1.165) is 25.7 Å². The number of allylic oxidation sites excluding steroid dienone is 1. The number of aromatic amines is 1. The van der Waals surface area contributed by atoms with Gasteiger partial charge in [0.2, 0.25) is 15.5 Å². The van der Waals surface area contributed by atoms with E-state index in [2.05, 4.69) is 30.2 Å². The molecule has 2 atom stereocenters. The lowest BCUT2D eigenvalue weighted by molar-refractivity contribution is 0.0953. The molecule has 178 valence electrons. The summed E-state index contributed by atoms with van der Waals surface area (Å²) in [5.41, 5.74) is 1.39. The summed E-state index contributed by atoms with van der Waals surface area (Å²) in [6.07, 6.45) is 9.99. The van der Waals surface area contributed by atoms with Crippen molar-refractivity contribution in [2.24, 2.45) is 11.8 Å². The Morgan fingerprint density at radius 3 is 2.64 bits per heavy atom. The molecular weight excluding hydrogens is 438 g/mol. The summed E-state index contributed by atoms with van der Waals surface area (Å²) in [6.45, 7) is 5.53. The highest BCUT2D eigenvalue weighted by Crippen LogP contribution is 2.27. The smallest absolute Gasteiger partial charge is 0.256 e. The molecule has 7 nitrogen and oxygen atoms in total. The van der Waals surface area contributed by atoms with Crippen molar-refractivity contribution in [3.63, 3.8) is 0 Å². The van der Waals surface area contributed by atoms with Gasteiger partial charge in [-0.3, -0.25) is 9.59 Å². The average Bonchev–Trinajstić information content (AvgIpc) is 2.79. The number of pyridine rings is 1. The van der Waals surface area contributed by atoms with Crippen LogP contribution in [0.3, 0.4) is 0 Å². The van der Waals surface area contributed by atoms with Gasteiger partial charge in [-0.15, -0.1) is 0 Å². The van der Waals surface area contributed by atoms with Crippen molar-refractivity contribution >= 4 is 26.8 Å². The number of hydrogen-bond donors (Lipinski definition) is 2. The van der Waals surface area contributed by atoms with E-state index in [-0.39, 0.29) is 27.7 Å². The van der Waals surface area contributed by atoms with Gasteiger partial charge in [-0.05, 0) is 68.6 Å². The Hall–Kier alpha value is -2.45. The summed E-state index contributed by atoms with van der Waals surface area (Å²) >= 11 is 0. The maximum absolute atomic E-state index is 13.3. The monoisotopic (exact) mass is 471 g/mol. The fourth-order valence-electron chi connectivity index (χ4n) is 5.04. The van der Waals surface area contributed by atoms with E-state index in [4.69, 9.17) is 0 Å². The second-order valence-corrected chi connectivity index (χ2v) is 11.6. The maximum atomic E-state index is 13.3. The molecule has 33 heavy (non-hydrogen) atoms. The summed E-state index contributed by atoms with van der Waals surface area (Å²) in [5.74, 6) is 0.126. The fourth-order valence-corrected chi connectivity index (χ4v) is 6.75. The minimum atomic E-state index is -3.72. The van der Waals surface area contributed by atoms with Crippen molar-refractivity contribution in [3.8, 4) is 0 Å². The van der Waals surface area contributed by atoms with Crippen molar-refractivity contribution < 1.29 is 13.2 Å². The number of carbonyl (C=O) groups is 1. The molecule has 2 unspecified atom stereocenters. The number of H-pyrrole nitrogens is 1. The Kier molecular flexibility index (Phi) is 7.05. The molecule has 8 heteroatoms. The number of nitrogens with zero attached hydrogens (tertiary/aromatic N) is 1. The van der Waals surface area contributed by atoms with Gasteiger partial charge in [0.25, 0.3) is 5.91 Å². The summed E-state index contributed by atoms with van der Waals surface area (Å²) in [4.78, 5) is 28.8. The summed E-state index contributed by atoms with van der Waals surface area (Å²) < 4.78 is 28.1. The van der Waals surface area contributed by atoms with Crippen molar-refractivity contribution in [1.82, 2.24) is 14.6 Å². The average molecular weight is 472 g/mol. The molecule has 1 saturated heterocycles. The number of fused-ring (bicyclic) bond motifs is 1. The van der Waals surface area contributed by atoms with Gasteiger partial charge in [0.05, 0.1) is 4.90 Å². The molecule has 2 N–H and O–H groups in total. The fraction of sp³-hybridized carbons (Fsp3) is 0.520. The van der Waals surface area contributed by atoms with Crippen LogP contribution in [0.15, 0.2) is 45.7 Å². The minimum absolute atomic E-state index is 0.00473. The molecule has 2 aliphatic rings. The quantitative estimate of drug-likeness (QED) is 0.626. The molecule has 1 aliphatic heterocycles. The zero-order valence-corrected chi connectivity index (χ0v) is 20.2. The number of sulfonamides is 1. The Morgan fingerprint density at radius 2 is 1.94 bits per heavy atom. The largest absolute Gasteiger partial charge is 0.360 e. The number of rotatable bonds is 6. The highest BCUT2D eigenvalue weighted by atomic mass is 32.2. The van der Waals surface area contributed by atoms with Crippen molar-refractivity contribution in [2.75, 3.05) is 19.6 Å².